The smallest absolute Gasteiger partial charge is 0.0103 e. The SMILES string of the molecule is C=C/C=C\c1c(C)c(C)c(/C=C\C)c2ccccc12. The lowest BCUT2D eigenvalue weighted by Crippen LogP contribution is -1.94. The van der Waals surface area contributed by atoms with Crippen LogP contribution in [0.15, 0.2) is 49.1 Å². The molecule has 0 heteroatoms. The molecular formula is C19H20. The molecular weight excluding hydrogens is 228 g/mol. The molecule has 0 N–H and O–H groups in total. The molecule has 0 radical (unpaired) electrons. The fourth-order valence-corrected chi connectivity index (χ4v) is 2.52. The lowest BCUT2D eigenvalue weighted by molar-refractivity contribution is 1.34. The minimum Gasteiger partial charge on any atom is -0.0991 e. The Balaban J connectivity index is 2.91. The summed E-state index contributed by atoms with van der Waals surface area (Å²) in [4.78, 5) is 0. The Kier molecular flexibility index (Phi) is 4.01. The van der Waals surface area contributed by atoms with E-state index in [1.807, 2.05) is 12.2 Å². The average molecular weight is 248 g/mol. The molecule has 0 spiro atoms. The summed E-state index contributed by atoms with van der Waals surface area (Å²) in [6.07, 6.45) is 10.3. The van der Waals surface area contributed by atoms with Gasteiger partial charge in [-0.15, -0.1) is 0 Å². The molecule has 0 aromatic heterocycles. The van der Waals surface area contributed by atoms with Crippen LogP contribution in [0.5, 0.6) is 0 Å². The zero-order valence-corrected chi connectivity index (χ0v) is 11.9. The fourth-order valence-electron chi connectivity index (χ4n) is 2.52. The number of hydrogen-bond donors (Lipinski definition) is 0. The van der Waals surface area contributed by atoms with Gasteiger partial charge in [0, 0.05) is 0 Å². The zero-order valence-electron chi connectivity index (χ0n) is 11.9. The summed E-state index contributed by atoms with van der Waals surface area (Å²) in [5, 5.41) is 2.62. The van der Waals surface area contributed by atoms with Gasteiger partial charge in [-0.3, -0.25) is 0 Å². The minimum atomic E-state index is 1.29. The van der Waals surface area contributed by atoms with E-state index in [2.05, 4.69) is 69.8 Å². The molecule has 0 aliphatic heterocycles. The number of benzene rings is 2. The fraction of sp³-hybridized carbons (Fsp3) is 0.158. The lowest BCUT2D eigenvalue weighted by atomic mass is 9.90. The van der Waals surface area contributed by atoms with Gasteiger partial charge in [-0.1, -0.05) is 61.2 Å². The molecule has 0 saturated heterocycles. The number of fused-ring (bicyclic) bond motifs is 1. The van der Waals surface area contributed by atoms with Crippen LogP contribution in [-0.4, -0.2) is 0 Å². The van der Waals surface area contributed by atoms with E-state index in [1.165, 1.54) is 33.0 Å². The molecule has 2 rings (SSSR count). The monoisotopic (exact) mass is 248 g/mol. The second-order valence-corrected chi connectivity index (χ2v) is 4.72. The Morgan fingerprint density at radius 2 is 1.42 bits per heavy atom. The van der Waals surface area contributed by atoms with Gasteiger partial charge < -0.3 is 0 Å². The van der Waals surface area contributed by atoms with E-state index in [1.54, 1.807) is 0 Å². The summed E-state index contributed by atoms with van der Waals surface area (Å²) in [7, 11) is 0. The van der Waals surface area contributed by atoms with Crippen molar-refractivity contribution in [3.8, 4) is 0 Å². The predicted molar refractivity (Wildman–Crippen MR) is 87.4 cm³/mol. The van der Waals surface area contributed by atoms with Crippen molar-refractivity contribution < 1.29 is 0 Å². The van der Waals surface area contributed by atoms with Crippen molar-refractivity contribution in [2.24, 2.45) is 0 Å². The summed E-state index contributed by atoms with van der Waals surface area (Å²) in [5.74, 6) is 0. The Hall–Kier alpha value is -2.08. The standard InChI is InChI=1S/C19H20/c1-5-7-11-17-15(4)14(3)16(10-6-2)18-12-8-9-13-19(17)18/h5-13H,1H2,2-4H3/b10-6-,11-7-. The van der Waals surface area contributed by atoms with Gasteiger partial charge in [0.05, 0.1) is 0 Å². The Morgan fingerprint density at radius 3 is 1.89 bits per heavy atom. The van der Waals surface area contributed by atoms with Crippen molar-refractivity contribution in [3.63, 3.8) is 0 Å². The van der Waals surface area contributed by atoms with Crippen LogP contribution in [0.3, 0.4) is 0 Å². The van der Waals surface area contributed by atoms with Gasteiger partial charge in [-0.05, 0) is 53.8 Å². The molecule has 0 unspecified atom stereocenters. The summed E-state index contributed by atoms with van der Waals surface area (Å²) >= 11 is 0. The zero-order chi connectivity index (χ0) is 13.8. The van der Waals surface area contributed by atoms with Crippen LogP contribution < -0.4 is 0 Å². The summed E-state index contributed by atoms with van der Waals surface area (Å²) in [6.45, 7) is 10.2. The molecule has 19 heavy (non-hydrogen) atoms. The van der Waals surface area contributed by atoms with Gasteiger partial charge in [-0.25, -0.2) is 0 Å². The molecule has 0 fully saturated rings. The molecule has 2 aromatic rings. The van der Waals surface area contributed by atoms with Crippen molar-refractivity contribution in [1.29, 1.82) is 0 Å². The number of rotatable bonds is 3. The lowest BCUT2D eigenvalue weighted by Gasteiger charge is -2.14. The Labute approximate surface area is 115 Å². The van der Waals surface area contributed by atoms with Gasteiger partial charge in [0.1, 0.15) is 0 Å². The highest BCUT2D eigenvalue weighted by atomic mass is 14.1. The first-order valence-corrected chi connectivity index (χ1v) is 6.64. The van der Waals surface area contributed by atoms with Crippen LogP contribution >= 0.6 is 0 Å². The van der Waals surface area contributed by atoms with E-state index in [0.717, 1.165) is 0 Å². The van der Waals surface area contributed by atoms with Crippen LogP contribution in [-0.2, 0) is 0 Å². The first-order chi connectivity index (χ1) is 9.20. The molecule has 0 saturated carbocycles. The number of hydrogen-bond acceptors (Lipinski definition) is 0. The minimum absolute atomic E-state index is 1.29. The molecule has 0 aliphatic carbocycles. The molecule has 0 aliphatic rings. The second-order valence-electron chi connectivity index (χ2n) is 4.72. The Bertz CT molecular complexity index is 670. The largest absolute Gasteiger partial charge is 0.0991 e. The van der Waals surface area contributed by atoms with Crippen LogP contribution in [0.4, 0.5) is 0 Å². The highest BCUT2D eigenvalue weighted by molar-refractivity contribution is 5.99. The van der Waals surface area contributed by atoms with Crippen LogP contribution in [0.1, 0.15) is 29.2 Å². The maximum Gasteiger partial charge on any atom is -0.0103 e. The summed E-state index contributed by atoms with van der Waals surface area (Å²) in [6, 6.07) is 8.59. The summed E-state index contributed by atoms with van der Waals surface area (Å²) in [5.41, 5.74) is 5.30. The van der Waals surface area contributed by atoms with Crippen molar-refractivity contribution in [3.05, 3.63) is 71.3 Å². The van der Waals surface area contributed by atoms with Gasteiger partial charge in [-0.2, -0.15) is 0 Å². The van der Waals surface area contributed by atoms with Gasteiger partial charge in [0.2, 0.25) is 0 Å². The van der Waals surface area contributed by atoms with Crippen LogP contribution in [0.25, 0.3) is 22.9 Å². The van der Waals surface area contributed by atoms with Crippen molar-refractivity contribution in [2.75, 3.05) is 0 Å². The van der Waals surface area contributed by atoms with Crippen molar-refractivity contribution in [1.82, 2.24) is 0 Å². The third kappa shape index (κ3) is 2.39. The molecule has 0 amide bonds. The summed E-state index contributed by atoms with van der Waals surface area (Å²) < 4.78 is 0. The van der Waals surface area contributed by atoms with E-state index < -0.39 is 0 Å². The first kappa shape index (κ1) is 13.4. The highest BCUT2D eigenvalue weighted by Gasteiger charge is 2.10. The van der Waals surface area contributed by atoms with E-state index in [4.69, 9.17) is 0 Å². The molecule has 0 nitrogen and oxygen atoms in total. The third-order valence-electron chi connectivity index (χ3n) is 3.61. The van der Waals surface area contributed by atoms with Crippen molar-refractivity contribution >= 4 is 22.9 Å². The average Bonchev–Trinajstić information content (AvgIpc) is 2.44. The predicted octanol–water partition coefficient (Wildman–Crippen LogP) is 5.69. The molecule has 2 aromatic carbocycles. The Morgan fingerprint density at radius 1 is 0.895 bits per heavy atom. The van der Waals surface area contributed by atoms with Gasteiger partial charge in [0.25, 0.3) is 0 Å². The third-order valence-corrected chi connectivity index (χ3v) is 3.61. The second kappa shape index (κ2) is 5.71. The maximum absolute atomic E-state index is 3.76. The number of allylic oxidation sites excluding steroid dienone is 3. The molecule has 0 bridgehead atoms. The van der Waals surface area contributed by atoms with E-state index in [9.17, 15) is 0 Å². The van der Waals surface area contributed by atoms with E-state index in [-0.39, 0.29) is 0 Å². The molecule has 0 heterocycles. The normalized spacial score (nSPS) is 11.7. The van der Waals surface area contributed by atoms with E-state index in [0.29, 0.717) is 0 Å². The van der Waals surface area contributed by atoms with Crippen LogP contribution in [0, 0.1) is 13.8 Å². The quantitative estimate of drug-likeness (QED) is 0.612. The van der Waals surface area contributed by atoms with Gasteiger partial charge >= 0.3 is 0 Å². The van der Waals surface area contributed by atoms with Gasteiger partial charge in [0.15, 0.2) is 0 Å². The van der Waals surface area contributed by atoms with Crippen molar-refractivity contribution in [2.45, 2.75) is 20.8 Å². The topological polar surface area (TPSA) is 0 Å². The van der Waals surface area contributed by atoms with Crippen LogP contribution in [0.2, 0.25) is 0 Å². The maximum atomic E-state index is 3.76. The molecule has 0 atom stereocenters. The first-order valence-electron chi connectivity index (χ1n) is 6.64. The highest BCUT2D eigenvalue weighted by Crippen LogP contribution is 2.31. The van der Waals surface area contributed by atoms with E-state index >= 15 is 0 Å². The molecule has 96 valence electrons.